The monoisotopic (exact) mass is 332 g/mol. The van der Waals surface area contributed by atoms with Crippen LogP contribution in [0.15, 0.2) is 6.08 Å². The highest BCUT2D eigenvalue weighted by Gasteiger charge is 2.24. The summed E-state index contributed by atoms with van der Waals surface area (Å²) in [7, 11) is 6.05. The maximum absolute atomic E-state index is 12.9. The van der Waals surface area contributed by atoms with Crippen LogP contribution in [0.1, 0.15) is 49.1 Å². The predicted molar refractivity (Wildman–Crippen MR) is 98.9 cm³/mol. The van der Waals surface area contributed by atoms with Crippen LogP contribution >= 0.6 is 0 Å². The molecule has 5 heteroatoms. The average Bonchev–Trinajstić information content (AvgIpc) is 2.79. The van der Waals surface area contributed by atoms with Crippen LogP contribution in [-0.2, 0) is 11.8 Å². The lowest BCUT2D eigenvalue weighted by Gasteiger charge is -2.34. The Morgan fingerprint density at radius 3 is 2.42 bits per heavy atom. The van der Waals surface area contributed by atoms with Gasteiger partial charge >= 0.3 is 0 Å². The second kappa shape index (κ2) is 8.47. The number of likely N-dealkylation sites (N-methyl/N-ethyl adjacent to an activating group) is 1. The second-order valence-corrected chi connectivity index (χ2v) is 7.17. The molecule has 0 radical (unpaired) electrons. The van der Waals surface area contributed by atoms with Crippen LogP contribution < -0.4 is 0 Å². The quantitative estimate of drug-likeness (QED) is 0.752. The molecule has 1 aliphatic carbocycles. The third-order valence-electron chi connectivity index (χ3n) is 5.04. The van der Waals surface area contributed by atoms with Crippen molar-refractivity contribution in [3.8, 4) is 0 Å². The molecule has 0 saturated heterocycles. The molecule has 0 bridgehead atoms. The topological polar surface area (TPSA) is 41.4 Å². The molecule has 0 aliphatic heterocycles. The summed E-state index contributed by atoms with van der Waals surface area (Å²) in [5.41, 5.74) is 3.12. The first kappa shape index (κ1) is 18.7. The van der Waals surface area contributed by atoms with Crippen LogP contribution in [0.2, 0.25) is 0 Å². The van der Waals surface area contributed by atoms with Crippen LogP contribution in [0.25, 0.3) is 6.08 Å². The lowest BCUT2D eigenvalue weighted by atomic mass is 9.94. The molecule has 1 fully saturated rings. The summed E-state index contributed by atoms with van der Waals surface area (Å²) in [4.78, 5) is 17.1. The molecule has 0 atom stereocenters. The van der Waals surface area contributed by atoms with Crippen molar-refractivity contribution in [3.05, 3.63) is 23.0 Å². The molecule has 1 amide bonds. The molecular weight excluding hydrogens is 300 g/mol. The highest BCUT2D eigenvalue weighted by Crippen LogP contribution is 2.23. The molecule has 1 saturated carbocycles. The van der Waals surface area contributed by atoms with Crippen molar-refractivity contribution in [1.82, 2.24) is 19.6 Å². The molecule has 5 nitrogen and oxygen atoms in total. The molecule has 0 N–H and O–H groups in total. The van der Waals surface area contributed by atoms with Crippen molar-refractivity contribution in [2.75, 3.05) is 27.2 Å². The van der Waals surface area contributed by atoms with Crippen LogP contribution in [0.4, 0.5) is 0 Å². The van der Waals surface area contributed by atoms with E-state index in [0.717, 1.165) is 42.9 Å². The van der Waals surface area contributed by atoms with Gasteiger partial charge in [0.2, 0.25) is 5.91 Å². The fraction of sp³-hybridized carbons (Fsp3) is 0.684. The van der Waals surface area contributed by atoms with E-state index in [0.29, 0.717) is 6.04 Å². The van der Waals surface area contributed by atoms with E-state index >= 15 is 0 Å². The van der Waals surface area contributed by atoms with E-state index in [4.69, 9.17) is 0 Å². The molecule has 1 aromatic rings. The zero-order valence-corrected chi connectivity index (χ0v) is 15.9. The Hall–Kier alpha value is -1.62. The molecule has 134 valence electrons. The maximum Gasteiger partial charge on any atom is 0.246 e. The first-order valence-corrected chi connectivity index (χ1v) is 9.03. The molecular formula is C19H32N4O. The number of aromatic nitrogens is 2. The van der Waals surface area contributed by atoms with Crippen molar-refractivity contribution < 1.29 is 4.79 Å². The summed E-state index contributed by atoms with van der Waals surface area (Å²) >= 11 is 0. The lowest BCUT2D eigenvalue weighted by Crippen LogP contribution is -2.44. The van der Waals surface area contributed by atoms with Gasteiger partial charge in [-0.3, -0.25) is 9.48 Å². The minimum absolute atomic E-state index is 0.131. The van der Waals surface area contributed by atoms with Crippen LogP contribution in [0.5, 0.6) is 0 Å². The SMILES string of the molecule is Cc1nn(C)c(C)c1/C=C\C(=O)N(CCN(C)C)C1CCCCC1. The Morgan fingerprint density at radius 2 is 1.88 bits per heavy atom. The van der Waals surface area contributed by atoms with Crippen molar-refractivity contribution in [2.24, 2.45) is 7.05 Å². The number of aryl methyl sites for hydroxylation is 2. The van der Waals surface area contributed by atoms with E-state index < -0.39 is 0 Å². The summed E-state index contributed by atoms with van der Waals surface area (Å²) < 4.78 is 1.87. The number of hydrogen-bond donors (Lipinski definition) is 0. The molecule has 0 unspecified atom stereocenters. The van der Waals surface area contributed by atoms with Gasteiger partial charge in [-0.2, -0.15) is 5.10 Å². The summed E-state index contributed by atoms with van der Waals surface area (Å²) in [5, 5.41) is 4.42. The maximum atomic E-state index is 12.9. The van der Waals surface area contributed by atoms with Gasteiger partial charge in [0.1, 0.15) is 0 Å². The molecule has 1 heterocycles. The van der Waals surface area contributed by atoms with Gasteiger partial charge in [0, 0.05) is 43.5 Å². The van der Waals surface area contributed by atoms with Gasteiger partial charge < -0.3 is 9.80 Å². The van der Waals surface area contributed by atoms with Crippen molar-refractivity contribution in [1.29, 1.82) is 0 Å². The van der Waals surface area contributed by atoms with Crippen molar-refractivity contribution in [3.63, 3.8) is 0 Å². The Bertz CT molecular complexity index is 582. The van der Waals surface area contributed by atoms with Gasteiger partial charge in [0.05, 0.1) is 5.69 Å². The van der Waals surface area contributed by atoms with Gasteiger partial charge in [-0.1, -0.05) is 19.3 Å². The van der Waals surface area contributed by atoms with Crippen LogP contribution in [-0.4, -0.2) is 58.7 Å². The standard InChI is InChI=1S/C19H32N4O/c1-15-18(16(2)22(5)20-15)11-12-19(24)23(14-13-21(3)4)17-9-7-6-8-10-17/h11-12,17H,6-10,13-14H2,1-5H3/b12-11-. The Kier molecular flexibility index (Phi) is 6.60. The molecule has 0 spiro atoms. The van der Waals surface area contributed by atoms with Crippen molar-refractivity contribution in [2.45, 2.75) is 52.0 Å². The van der Waals surface area contributed by atoms with Gasteiger partial charge in [-0.25, -0.2) is 0 Å². The summed E-state index contributed by atoms with van der Waals surface area (Å²) in [5.74, 6) is 0.131. The zero-order chi connectivity index (χ0) is 17.7. The van der Waals surface area contributed by atoms with E-state index in [1.54, 1.807) is 6.08 Å². The molecule has 1 aliphatic rings. The minimum Gasteiger partial charge on any atom is -0.335 e. The Balaban J connectivity index is 2.12. The van der Waals surface area contributed by atoms with Gasteiger partial charge in [-0.05, 0) is 46.9 Å². The van der Waals surface area contributed by atoms with E-state index in [-0.39, 0.29) is 5.91 Å². The van der Waals surface area contributed by atoms with E-state index in [9.17, 15) is 4.79 Å². The number of hydrogen-bond acceptors (Lipinski definition) is 3. The third-order valence-corrected chi connectivity index (χ3v) is 5.04. The Labute approximate surface area is 146 Å². The first-order valence-electron chi connectivity index (χ1n) is 9.03. The van der Waals surface area contributed by atoms with E-state index in [1.165, 1.54) is 19.3 Å². The lowest BCUT2D eigenvalue weighted by molar-refractivity contribution is -0.129. The fourth-order valence-electron chi connectivity index (χ4n) is 3.45. The molecule has 0 aromatic carbocycles. The summed E-state index contributed by atoms with van der Waals surface area (Å²) in [6.45, 7) is 5.73. The van der Waals surface area contributed by atoms with E-state index in [2.05, 4.69) is 29.0 Å². The molecule has 2 rings (SSSR count). The first-order chi connectivity index (χ1) is 11.4. The highest BCUT2D eigenvalue weighted by molar-refractivity contribution is 5.92. The smallest absolute Gasteiger partial charge is 0.246 e. The third kappa shape index (κ3) is 4.69. The second-order valence-electron chi connectivity index (χ2n) is 7.17. The fourth-order valence-corrected chi connectivity index (χ4v) is 3.45. The van der Waals surface area contributed by atoms with Crippen LogP contribution in [0, 0.1) is 13.8 Å². The Morgan fingerprint density at radius 1 is 1.21 bits per heavy atom. The summed E-state index contributed by atoms with van der Waals surface area (Å²) in [6.07, 6.45) is 9.72. The number of carbonyl (C=O) groups excluding carboxylic acids is 1. The normalized spacial score (nSPS) is 16.2. The number of nitrogens with zero attached hydrogens (tertiary/aromatic N) is 4. The summed E-state index contributed by atoms with van der Waals surface area (Å²) in [6, 6.07) is 0.395. The number of rotatable bonds is 6. The number of amides is 1. The largest absolute Gasteiger partial charge is 0.335 e. The van der Waals surface area contributed by atoms with E-state index in [1.807, 2.05) is 31.7 Å². The van der Waals surface area contributed by atoms with Crippen LogP contribution in [0.3, 0.4) is 0 Å². The average molecular weight is 332 g/mol. The zero-order valence-electron chi connectivity index (χ0n) is 15.9. The minimum atomic E-state index is 0.131. The molecule has 24 heavy (non-hydrogen) atoms. The van der Waals surface area contributed by atoms with Gasteiger partial charge in [0.15, 0.2) is 0 Å². The van der Waals surface area contributed by atoms with Crippen molar-refractivity contribution >= 4 is 12.0 Å². The van der Waals surface area contributed by atoms with Gasteiger partial charge in [0.25, 0.3) is 0 Å². The molecule has 1 aromatic heterocycles. The predicted octanol–water partition coefficient (Wildman–Crippen LogP) is 2.77. The number of carbonyl (C=O) groups is 1. The highest BCUT2D eigenvalue weighted by atomic mass is 16.2. The van der Waals surface area contributed by atoms with Gasteiger partial charge in [-0.15, -0.1) is 0 Å².